The molecular weight excluding hydrogens is 198 g/mol. The minimum absolute atomic E-state index is 0.0532. The van der Waals surface area contributed by atoms with Gasteiger partial charge >= 0.3 is 11.7 Å². The van der Waals surface area contributed by atoms with Crippen molar-refractivity contribution in [2.75, 3.05) is 0 Å². The first kappa shape index (κ1) is 11.2. The van der Waals surface area contributed by atoms with Gasteiger partial charge < -0.3 is 4.74 Å². The number of esters is 1. The van der Waals surface area contributed by atoms with E-state index in [1.165, 1.54) is 13.0 Å². The topological polar surface area (TPSA) is 69.4 Å². The normalized spacial score (nSPS) is 9.73. The van der Waals surface area contributed by atoms with Gasteiger partial charge in [-0.05, 0) is 6.42 Å². The summed E-state index contributed by atoms with van der Waals surface area (Å²) in [7, 11) is 0. The summed E-state index contributed by atoms with van der Waals surface area (Å²) in [5.41, 5.74) is 0.476. The standard InChI is InChI=1S/C10H11NO4/c1-3-8-5-4-6-9(11(13)14)10(8)15-7(2)12/h4-6H,3H2,1-2H3. The summed E-state index contributed by atoms with van der Waals surface area (Å²) >= 11 is 0. The molecule has 0 unspecified atom stereocenters. The van der Waals surface area contributed by atoms with Crippen LogP contribution in [0.5, 0.6) is 5.75 Å². The van der Waals surface area contributed by atoms with Crippen LogP contribution in [0.2, 0.25) is 0 Å². The first-order valence-electron chi connectivity index (χ1n) is 4.51. The molecule has 0 atom stereocenters. The first-order valence-corrected chi connectivity index (χ1v) is 4.51. The second-order valence-corrected chi connectivity index (χ2v) is 2.97. The van der Waals surface area contributed by atoms with E-state index >= 15 is 0 Å². The Bertz CT molecular complexity index is 400. The average molecular weight is 209 g/mol. The third kappa shape index (κ3) is 2.52. The van der Waals surface area contributed by atoms with E-state index in [0.29, 0.717) is 12.0 Å². The molecule has 5 nitrogen and oxygen atoms in total. The summed E-state index contributed by atoms with van der Waals surface area (Å²) in [6.45, 7) is 3.06. The van der Waals surface area contributed by atoms with E-state index in [0.717, 1.165) is 0 Å². The number of carbonyl (C=O) groups excluding carboxylic acids is 1. The minimum Gasteiger partial charge on any atom is -0.419 e. The molecule has 0 heterocycles. The highest BCUT2D eigenvalue weighted by atomic mass is 16.6. The van der Waals surface area contributed by atoms with Gasteiger partial charge in [-0.25, -0.2) is 0 Å². The van der Waals surface area contributed by atoms with Crippen molar-refractivity contribution in [2.24, 2.45) is 0 Å². The Morgan fingerprint density at radius 2 is 2.20 bits per heavy atom. The fourth-order valence-corrected chi connectivity index (χ4v) is 1.26. The molecule has 15 heavy (non-hydrogen) atoms. The number of ether oxygens (including phenoxy) is 1. The number of nitro benzene ring substituents is 1. The Hall–Kier alpha value is -1.91. The van der Waals surface area contributed by atoms with Crippen LogP contribution in [0.15, 0.2) is 18.2 Å². The van der Waals surface area contributed by atoms with Crippen molar-refractivity contribution in [3.05, 3.63) is 33.9 Å². The lowest BCUT2D eigenvalue weighted by Gasteiger charge is -2.06. The number of rotatable bonds is 3. The van der Waals surface area contributed by atoms with Crippen LogP contribution in [0, 0.1) is 10.1 Å². The van der Waals surface area contributed by atoms with Crippen molar-refractivity contribution in [1.82, 2.24) is 0 Å². The molecule has 0 N–H and O–H groups in total. The van der Waals surface area contributed by atoms with Crippen molar-refractivity contribution >= 4 is 11.7 Å². The molecule has 1 rings (SSSR count). The highest BCUT2D eigenvalue weighted by Gasteiger charge is 2.19. The fraction of sp³-hybridized carbons (Fsp3) is 0.300. The monoisotopic (exact) mass is 209 g/mol. The van der Waals surface area contributed by atoms with Crippen LogP contribution in [-0.4, -0.2) is 10.9 Å². The lowest BCUT2D eigenvalue weighted by molar-refractivity contribution is -0.385. The molecule has 1 aromatic carbocycles. The van der Waals surface area contributed by atoms with E-state index in [4.69, 9.17) is 4.74 Å². The molecule has 1 aromatic rings. The van der Waals surface area contributed by atoms with Crippen LogP contribution in [0.3, 0.4) is 0 Å². The Morgan fingerprint density at radius 1 is 1.53 bits per heavy atom. The molecule has 0 bridgehead atoms. The van der Waals surface area contributed by atoms with E-state index in [1.807, 2.05) is 6.92 Å². The van der Waals surface area contributed by atoms with Crippen molar-refractivity contribution in [1.29, 1.82) is 0 Å². The lowest BCUT2D eigenvalue weighted by Crippen LogP contribution is -2.06. The average Bonchev–Trinajstić information content (AvgIpc) is 2.16. The third-order valence-corrected chi connectivity index (χ3v) is 1.90. The van der Waals surface area contributed by atoms with Gasteiger partial charge in [-0.2, -0.15) is 0 Å². The van der Waals surface area contributed by atoms with Crippen LogP contribution in [0.4, 0.5) is 5.69 Å². The van der Waals surface area contributed by atoms with Crippen molar-refractivity contribution in [3.63, 3.8) is 0 Å². The van der Waals surface area contributed by atoms with Crippen molar-refractivity contribution in [3.8, 4) is 5.75 Å². The molecule has 0 radical (unpaired) electrons. The molecule has 0 spiro atoms. The molecule has 0 aliphatic rings. The summed E-state index contributed by atoms with van der Waals surface area (Å²) in [5, 5.41) is 10.7. The largest absolute Gasteiger partial charge is 0.419 e. The Kier molecular flexibility index (Phi) is 3.38. The molecule has 0 saturated heterocycles. The van der Waals surface area contributed by atoms with E-state index in [9.17, 15) is 14.9 Å². The van der Waals surface area contributed by atoms with Gasteiger partial charge in [-0.1, -0.05) is 19.1 Å². The maximum absolute atomic E-state index is 10.8. The smallest absolute Gasteiger partial charge is 0.311 e. The molecule has 0 aliphatic carbocycles. The van der Waals surface area contributed by atoms with Crippen LogP contribution in [-0.2, 0) is 11.2 Å². The van der Waals surface area contributed by atoms with Crippen molar-refractivity contribution in [2.45, 2.75) is 20.3 Å². The van der Waals surface area contributed by atoms with Crippen LogP contribution in [0.1, 0.15) is 19.4 Å². The zero-order valence-corrected chi connectivity index (χ0v) is 8.52. The number of para-hydroxylation sites is 1. The van der Waals surface area contributed by atoms with E-state index in [-0.39, 0.29) is 11.4 Å². The van der Waals surface area contributed by atoms with Gasteiger partial charge in [-0.15, -0.1) is 0 Å². The van der Waals surface area contributed by atoms with Crippen molar-refractivity contribution < 1.29 is 14.5 Å². The minimum atomic E-state index is -0.558. The third-order valence-electron chi connectivity index (χ3n) is 1.90. The zero-order chi connectivity index (χ0) is 11.4. The summed E-state index contributed by atoms with van der Waals surface area (Å²) in [4.78, 5) is 20.9. The predicted molar refractivity (Wildman–Crippen MR) is 53.8 cm³/mol. The quantitative estimate of drug-likeness (QED) is 0.331. The zero-order valence-electron chi connectivity index (χ0n) is 8.52. The predicted octanol–water partition coefficient (Wildman–Crippen LogP) is 2.08. The molecule has 0 saturated carbocycles. The number of aryl methyl sites for hydroxylation is 1. The molecule has 5 heteroatoms. The lowest BCUT2D eigenvalue weighted by atomic mass is 10.1. The van der Waals surface area contributed by atoms with Gasteiger partial charge in [-0.3, -0.25) is 14.9 Å². The number of hydrogen-bond acceptors (Lipinski definition) is 4. The number of benzene rings is 1. The second-order valence-electron chi connectivity index (χ2n) is 2.97. The van der Waals surface area contributed by atoms with E-state index < -0.39 is 10.9 Å². The number of nitro groups is 1. The van der Waals surface area contributed by atoms with Gasteiger partial charge in [0.15, 0.2) is 0 Å². The summed E-state index contributed by atoms with van der Waals surface area (Å²) in [5.74, 6) is -0.503. The second kappa shape index (κ2) is 4.54. The van der Waals surface area contributed by atoms with Crippen LogP contribution in [0.25, 0.3) is 0 Å². The van der Waals surface area contributed by atoms with Crippen LogP contribution >= 0.6 is 0 Å². The van der Waals surface area contributed by atoms with Gasteiger partial charge in [0.2, 0.25) is 5.75 Å². The molecule has 0 aliphatic heterocycles. The Balaban J connectivity index is 3.26. The molecular formula is C10H11NO4. The molecule has 80 valence electrons. The van der Waals surface area contributed by atoms with E-state index in [2.05, 4.69) is 0 Å². The Morgan fingerprint density at radius 3 is 2.67 bits per heavy atom. The molecule has 0 fully saturated rings. The number of nitrogens with zero attached hydrogens (tertiary/aromatic N) is 1. The first-order chi connectivity index (χ1) is 7.06. The molecule has 0 amide bonds. The Labute approximate surface area is 86.8 Å². The van der Waals surface area contributed by atoms with Crippen LogP contribution < -0.4 is 4.74 Å². The fourth-order valence-electron chi connectivity index (χ4n) is 1.26. The SMILES string of the molecule is CCc1cccc([N+](=O)[O-])c1OC(C)=O. The molecule has 0 aromatic heterocycles. The van der Waals surface area contributed by atoms with E-state index in [1.54, 1.807) is 12.1 Å². The maximum atomic E-state index is 10.8. The number of carbonyl (C=O) groups is 1. The maximum Gasteiger partial charge on any atom is 0.311 e. The van der Waals surface area contributed by atoms with Gasteiger partial charge in [0.1, 0.15) is 0 Å². The summed E-state index contributed by atoms with van der Waals surface area (Å²) in [6, 6.07) is 4.59. The van der Waals surface area contributed by atoms with Gasteiger partial charge in [0.25, 0.3) is 0 Å². The van der Waals surface area contributed by atoms with Gasteiger partial charge in [0.05, 0.1) is 4.92 Å². The highest BCUT2D eigenvalue weighted by Crippen LogP contribution is 2.31. The summed E-state index contributed by atoms with van der Waals surface area (Å²) in [6.07, 6.45) is 0.574. The summed E-state index contributed by atoms with van der Waals surface area (Å²) < 4.78 is 4.85. The number of hydrogen-bond donors (Lipinski definition) is 0. The highest BCUT2D eigenvalue weighted by molar-refractivity contribution is 5.72. The van der Waals surface area contributed by atoms with Gasteiger partial charge in [0, 0.05) is 18.6 Å².